The maximum atomic E-state index is 13.0. The summed E-state index contributed by atoms with van der Waals surface area (Å²) in [6.45, 7) is 5.93. The minimum Gasteiger partial charge on any atom is -0.510 e. The van der Waals surface area contributed by atoms with Crippen LogP contribution >= 0.6 is 0 Å². The average molecular weight is 433 g/mol. The molecule has 2 aliphatic rings. The maximum absolute atomic E-state index is 13.0. The highest BCUT2D eigenvalue weighted by atomic mass is 16.7. The number of phenols is 1. The third kappa shape index (κ3) is 2.87. The van der Waals surface area contributed by atoms with Gasteiger partial charge in [-0.15, -0.1) is 0 Å². The van der Waals surface area contributed by atoms with Gasteiger partial charge >= 0.3 is 0 Å². The van der Waals surface area contributed by atoms with Gasteiger partial charge in [-0.1, -0.05) is 0 Å². The van der Waals surface area contributed by atoms with Gasteiger partial charge in [0.1, 0.15) is 34.0 Å². The Kier molecular flexibility index (Phi) is 5.62. The van der Waals surface area contributed by atoms with Gasteiger partial charge in [-0.05, 0) is 27.7 Å². The van der Waals surface area contributed by atoms with Crippen molar-refractivity contribution in [1.82, 2.24) is 0 Å². The molecule has 1 aromatic rings. The highest BCUT2D eigenvalue weighted by Crippen LogP contribution is 2.63. The van der Waals surface area contributed by atoms with Crippen LogP contribution < -0.4 is 9.47 Å². The molecule has 1 aliphatic carbocycles. The van der Waals surface area contributed by atoms with Crippen molar-refractivity contribution >= 4 is 17.3 Å². The Balaban J connectivity index is 2.47. The molecule has 2 atom stereocenters. The third-order valence-electron chi connectivity index (χ3n) is 6.22. The molecule has 1 aromatic carbocycles. The summed E-state index contributed by atoms with van der Waals surface area (Å²) in [5.41, 5.74) is -0.679. The maximum Gasteiger partial charge on any atom is 0.234 e. The molecule has 3 rings (SSSR count). The van der Waals surface area contributed by atoms with Crippen LogP contribution in [0.15, 0.2) is 16.3 Å². The van der Waals surface area contributed by atoms with Crippen LogP contribution in [0, 0.1) is 6.92 Å². The lowest BCUT2D eigenvalue weighted by Gasteiger charge is -2.43. The summed E-state index contributed by atoms with van der Waals surface area (Å²) < 4.78 is 17.3. The van der Waals surface area contributed by atoms with E-state index in [1.807, 2.05) is 0 Å². The SMILES string of the molecule is COc1c(C)c(O)c(C(C)=O)c2c1[C@@]1(C)C(O)=C(C(C)=NCCO)C(=O)C[C@@]1(OC)O2. The molecule has 1 aliphatic heterocycles. The van der Waals surface area contributed by atoms with E-state index >= 15 is 0 Å². The van der Waals surface area contributed by atoms with Gasteiger partial charge in [-0.25, -0.2) is 0 Å². The van der Waals surface area contributed by atoms with Crippen molar-refractivity contribution in [3.63, 3.8) is 0 Å². The fourth-order valence-electron chi connectivity index (χ4n) is 4.59. The number of Topliss-reactive ketones (excluding diaryl/α,β-unsaturated/α-hetero) is 2. The lowest BCUT2D eigenvalue weighted by molar-refractivity contribution is -0.198. The van der Waals surface area contributed by atoms with E-state index in [1.165, 1.54) is 21.1 Å². The molecule has 0 bridgehead atoms. The Labute approximate surface area is 180 Å². The summed E-state index contributed by atoms with van der Waals surface area (Å²) in [6.07, 6.45) is -0.277. The summed E-state index contributed by atoms with van der Waals surface area (Å²) in [6, 6.07) is 0. The molecule has 0 saturated carbocycles. The van der Waals surface area contributed by atoms with Crippen LogP contribution in [0.5, 0.6) is 17.2 Å². The number of aliphatic hydroxyl groups is 2. The van der Waals surface area contributed by atoms with E-state index in [-0.39, 0.29) is 59.4 Å². The molecular formula is C22H27NO8. The first kappa shape index (κ1) is 22.8. The molecular weight excluding hydrogens is 406 g/mol. The number of hydrogen-bond donors (Lipinski definition) is 3. The molecule has 9 heteroatoms. The largest absolute Gasteiger partial charge is 0.510 e. The summed E-state index contributed by atoms with van der Waals surface area (Å²) in [7, 11) is 2.74. The first-order valence-electron chi connectivity index (χ1n) is 9.80. The number of allylic oxidation sites excluding steroid dienone is 1. The van der Waals surface area contributed by atoms with Crippen molar-refractivity contribution in [2.24, 2.45) is 4.99 Å². The van der Waals surface area contributed by atoms with Crippen molar-refractivity contribution < 1.29 is 39.1 Å². The Morgan fingerprint density at radius 1 is 1.26 bits per heavy atom. The Hall–Kier alpha value is -2.91. The number of rotatable bonds is 6. The molecule has 168 valence electrons. The minimum atomic E-state index is -1.67. The number of methoxy groups -OCH3 is 2. The van der Waals surface area contributed by atoms with Crippen molar-refractivity contribution in [3.8, 4) is 17.2 Å². The Morgan fingerprint density at radius 2 is 1.90 bits per heavy atom. The number of hydrogen-bond acceptors (Lipinski definition) is 9. The molecule has 3 N–H and O–H groups in total. The van der Waals surface area contributed by atoms with Crippen LogP contribution in [0.4, 0.5) is 0 Å². The van der Waals surface area contributed by atoms with Gasteiger partial charge in [0, 0.05) is 18.4 Å². The number of carbonyl (C=O) groups is 2. The molecule has 0 fully saturated rings. The van der Waals surface area contributed by atoms with Crippen LogP contribution in [0.3, 0.4) is 0 Å². The van der Waals surface area contributed by atoms with Crippen molar-refractivity contribution in [1.29, 1.82) is 0 Å². The van der Waals surface area contributed by atoms with Crippen LogP contribution in [0.25, 0.3) is 0 Å². The average Bonchev–Trinajstić information content (AvgIpc) is 2.97. The zero-order chi connectivity index (χ0) is 23.3. The predicted molar refractivity (Wildman–Crippen MR) is 111 cm³/mol. The van der Waals surface area contributed by atoms with Crippen LogP contribution in [-0.4, -0.2) is 65.8 Å². The van der Waals surface area contributed by atoms with Gasteiger partial charge in [0.05, 0.1) is 37.8 Å². The van der Waals surface area contributed by atoms with Crippen LogP contribution in [0.1, 0.15) is 48.7 Å². The van der Waals surface area contributed by atoms with Gasteiger partial charge in [-0.3, -0.25) is 14.6 Å². The molecule has 0 unspecified atom stereocenters. The topological polar surface area (TPSA) is 135 Å². The van der Waals surface area contributed by atoms with Gasteiger partial charge in [-0.2, -0.15) is 0 Å². The zero-order valence-electron chi connectivity index (χ0n) is 18.5. The fraction of sp³-hybridized carbons (Fsp3) is 0.500. The number of nitrogens with zero attached hydrogens (tertiary/aromatic N) is 1. The van der Waals surface area contributed by atoms with Gasteiger partial charge < -0.3 is 29.5 Å². The van der Waals surface area contributed by atoms with E-state index < -0.39 is 22.8 Å². The van der Waals surface area contributed by atoms with E-state index in [0.717, 1.165) is 0 Å². The molecule has 0 aromatic heterocycles. The van der Waals surface area contributed by atoms with Gasteiger partial charge in [0.15, 0.2) is 11.6 Å². The standard InChI is InChI=1S/C22H27NO8/c1-10-17(27)15(12(3)25)19-16(18(10)29-5)21(4)20(28)14(11(2)23-7-8-24)13(26)9-22(21,30-6)31-19/h24,27-28H,7-9H2,1-6H3/t21-,22+/m0/s1. The van der Waals surface area contributed by atoms with Crippen molar-refractivity contribution in [3.05, 3.63) is 28.0 Å². The molecule has 0 spiro atoms. The highest BCUT2D eigenvalue weighted by molar-refractivity contribution is 6.23. The Bertz CT molecular complexity index is 1040. The summed E-state index contributed by atoms with van der Waals surface area (Å²) in [4.78, 5) is 29.6. The van der Waals surface area contributed by atoms with E-state index in [2.05, 4.69) is 4.99 Å². The second kappa shape index (κ2) is 7.65. The number of fused-ring (bicyclic) bond motifs is 3. The number of aliphatic imine (C=N–C) groups is 1. The number of ether oxygens (including phenoxy) is 3. The van der Waals surface area contributed by atoms with Gasteiger partial charge in [0.2, 0.25) is 5.79 Å². The molecule has 0 radical (unpaired) electrons. The minimum absolute atomic E-state index is 0.00218. The third-order valence-corrected chi connectivity index (χ3v) is 6.22. The lowest BCUT2D eigenvalue weighted by Crippen LogP contribution is -2.57. The van der Waals surface area contributed by atoms with E-state index in [0.29, 0.717) is 11.1 Å². The van der Waals surface area contributed by atoms with E-state index in [9.17, 15) is 19.8 Å². The van der Waals surface area contributed by atoms with Crippen molar-refractivity contribution in [2.45, 2.75) is 45.3 Å². The lowest BCUT2D eigenvalue weighted by atomic mass is 9.66. The smallest absolute Gasteiger partial charge is 0.234 e. The monoisotopic (exact) mass is 433 g/mol. The summed E-state index contributed by atoms with van der Waals surface area (Å²) in [5.74, 6) is -3.02. The zero-order valence-corrected chi connectivity index (χ0v) is 18.5. The van der Waals surface area contributed by atoms with Crippen LogP contribution in [-0.2, 0) is 14.9 Å². The predicted octanol–water partition coefficient (Wildman–Crippen LogP) is 2.14. The number of carbonyl (C=O) groups excluding carboxylic acids is 2. The number of ketones is 2. The number of aromatic hydroxyl groups is 1. The quantitative estimate of drug-likeness (QED) is 0.459. The first-order valence-corrected chi connectivity index (χ1v) is 9.80. The van der Waals surface area contributed by atoms with E-state index in [4.69, 9.17) is 19.3 Å². The highest BCUT2D eigenvalue weighted by Gasteiger charge is 2.67. The molecule has 0 saturated heterocycles. The fourth-order valence-corrected chi connectivity index (χ4v) is 4.59. The summed E-state index contributed by atoms with van der Waals surface area (Å²) in [5, 5.41) is 31.2. The van der Waals surface area contributed by atoms with Crippen LogP contribution in [0.2, 0.25) is 0 Å². The van der Waals surface area contributed by atoms with Crippen molar-refractivity contribution in [2.75, 3.05) is 27.4 Å². The Morgan fingerprint density at radius 3 is 2.42 bits per heavy atom. The number of phenolic OH excluding ortho intramolecular Hbond substituents is 1. The molecule has 1 heterocycles. The molecule has 31 heavy (non-hydrogen) atoms. The van der Waals surface area contributed by atoms with Gasteiger partial charge in [0.25, 0.3) is 0 Å². The van der Waals surface area contributed by atoms with E-state index in [1.54, 1.807) is 20.8 Å². The number of benzene rings is 1. The molecule has 0 amide bonds. The molecule has 9 nitrogen and oxygen atoms in total. The summed E-state index contributed by atoms with van der Waals surface area (Å²) >= 11 is 0. The number of aliphatic hydroxyl groups excluding tert-OH is 2. The normalized spacial score (nSPS) is 25.3. The second-order valence-corrected chi connectivity index (χ2v) is 7.84. The second-order valence-electron chi connectivity index (χ2n) is 7.84. The first-order chi connectivity index (χ1) is 14.5.